The lowest BCUT2D eigenvalue weighted by atomic mass is 10.1. The number of amides is 3. The Kier molecular flexibility index (Phi) is 8.20. The number of methoxy groups -OCH3 is 2. The van der Waals surface area contributed by atoms with Crippen LogP contribution in [-0.4, -0.2) is 88.3 Å². The van der Waals surface area contributed by atoms with Crippen LogP contribution in [0.15, 0.2) is 60.8 Å². The molecular weight excluding hydrogens is 552 g/mol. The number of carbonyl (C=O) groups is 3. The largest absolute Gasteiger partial charge is 0.493 e. The number of hydrogen-bond acceptors (Lipinski definition) is 8. The van der Waals surface area contributed by atoms with Crippen LogP contribution in [0.25, 0.3) is 16.9 Å². The van der Waals surface area contributed by atoms with Gasteiger partial charge in [0, 0.05) is 55.3 Å². The normalized spacial score (nSPS) is 13.5. The smallest absolute Gasteiger partial charge is 0.410 e. The van der Waals surface area contributed by atoms with Gasteiger partial charge in [0.25, 0.3) is 11.8 Å². The summed E-state index contributed by atoms with van der Waals surface area (Å²) < 4.78 is 17.8. The second kappa shape index (κ2) is 12.0. The molecule has 43 heavy (non-hydrogen) atoms. The van der Waals surface area contributed by atoms with Gasteiger partial charge in [0.05, 0.1) is 19.9 Å². The second-order valence-corrected chi connectivity index (χ2v) is 11.0. The molecule has 12 heteroatoms. The van der Waals surface area contributed by atoms with Crippen LogP contribution in [0, 0.1) is 0 Å². The van der Waals surface area contributed by atoms with Gasteiger partial charge in [-0.25, -0.2) is 14.3 Å². The minimum absolute atomic E-state index is 0.162. The average molecular weight is 587 g/mol. The van der Waals surface area contributed by atoms with Crippen LogP contribution < -0.4 is 14.8 Å². The van der Waals surface area contributed by atoms with Gasteiger partial charge in [-0.2, -0.15) is 5.10 Å². The van der Waals surface area contributed by atoms with Crippen molar-refractivity contribution >= 4 is 29.2 Å². The highest BCUT2D eigenvalue weighted by Crippen LogP contribution is 2.32. The Bertz CT molecular complexity index is 1670. The summed E-state index contributed by atoms with van der Waals surface area (Å²) in [4.78, 5) is 46.4. The first-order valence-corrected chi connectivity index (χ1v) is 13.8. The average Bonchev–Trinajstić information content (AvgIpc) is 3.45. The zero-order valence-electron chi connectivity index (χ0n) is 24.8. The number of anilines is 1. The first-order valence-electron chi connectivity index (χ1n) is 13.8. The lowest BCUT2D eigenvalue weighted by molar-refractivity contribution is 0.0141. The maximum Gasteiger partial charge on any atom is 0.410 e. The lowest BCUT2D eigenvalue weighted by Crippen LogP contribution is -2.51. The van der Waals surface area contributed by atoms with Crippen molar-refractivity contribution in [2.45, 2.75) is 26.4 Å². The zero-order valence-corrected chi connectivity index (χ0v) is 24.8. The van der Waals surface area contributed by atoms with E-state index in [0.29, 0.717) is 60.3 Å². The van der Waals surface area contributed by atoms with Crippen LogP contribution in [0.4, 0.5) is 10.5 Å². The molecule has 2 aromatic carbocycles. The van der Waals surface area contributed by atoms with Crippen LogP contribution in [0.3, 0.4) is 0 Å². The van der Waals surface area contributed by atoms with E-state index in [1.807, 2.05) is 32.9 Å². The fraction of sp³-hybridized carbons (Fsp3) is 0.323. The van der Waals surface area contributed by atoms with Gasteiger partial charge in [0.2, 0.25) is 0 Å². The topological polar surface area (TPSA) is 128 Å². The molecule has 0 radical (unpaired) electrons. The summed E-state index contributed by atoms with van der Waals surface area (Å²) in [7, 11) is 3.14. The number of fused-ring (bicyclic) bond motifs is 1. The van der Waals surface area contributed by atoms with Crippen molar-refractivity contribution in [3.63, 3.8) is 0 Å². The highest BCUT2D eigenvalue weighted by atomic mass is 16.6. The van der Waals surface area contributed by atoms with Crippen LogP contribution >= 0.6 is 0 Å². The molecule has 2 aromatic heterocycles. The van der Waals surface area contributed by atoms with E-state index in [2.05, 4.69) is 15.4 Å². The van der Waals surface area contributed by atoms with Crippen molar-refractivity contribution in [1.29, 1.82) is 0 Å². The summed E-state index contributed by atoms with van der Waals surface area (Å²) in [5.74, 6) is 0.533. The number of nitrogens with one attached hydrogen (secondary N) is 1. The van der Waals surface area contributed by atoms with Gasteiger partial charge >= 0.3 is 6.09 Å². The number of carbonyl (C=O) groups excluding carboxylic acids is 3. The molecule has 12 nitrogen and oxygen atoms in total. The number of piperazine rings is 1. The highest BCUT2D eigenvalue weighted by Gasteiger charge is 2.28. The SMILES string of the molecule is COc1ccc(-c2ccnc3cc(C(=O)Nc4cccc(C(=O)N5CCN(C(=O)OC(C)(C)C)CC5)c4)nn23)cc1OC. The van der Waals surface area contributed by atoms with E-state index in [1.165, 1.54) is 0 Å². The summed E-state index contributed by atoms with van der Waals surface area (Å²) in [6.07, 6.45) is 1.26. The summed E-state index contributed by atoms with van der Waals surface area (Å²) in [6.45, 7) is 6.98. The minimum Gasteiger partial charge on any atom is -0.493 e. The van der Waals surface area contributed by atoms with Crippen LogP contribution in [0.1, 0.15) is 41.6 Å². The third-order valence-electron chi connectivity index (χ3n) is 6.86. The van der Waals surface area contributed by atoms with E-state index in [9.17, 15) is 14.4 Å². The molecule has 0 atom stereocenters. The monoisotopic (exact) mass is 586 g/mol. The standard InChI is InChI=1S/C31H34N6O6/c1-31(2,3)43-30(40)36-15-13-35(14-16-36)29(39)21-7-6-8-22(17-21)33-28(38)23-19-27-32-12-11-24(37(27)34-23)20-9-10-25(41-4)26(18-20)42-5/h6-12,17-19H,13-16H2,1-5H3,(H,33,38). The summed E-state index contributed by atoms with van der Waals surface area (Å²) >= 11 is 0. The molecule has 0 aliphatic carbocycles. The van der Waals surface area contributed by atoms with Gasteiger partial charge in [-0.05, 0) is 63.2 Å². The van der Waals surface area contributed by atoms with Crippen molar-refractivity contribution in [3.05, 3.63) is 72.1 Å². The molecule has 1 fully saturated rings. The molecule has 3 amide bonds. The van der Waals surface area contributed by atoms with Crippen molar-refractivity contribution < 1.29 is 28.6 Å². The zero-order chi connectivity index (χ0) is 30.7. The van der Waals surface area contributed by atoms with E-state index in [1.54, 1.807) is 77.2 Å². The fourth-order valence-corrected chi connectivity index (χ4v) is 4.75. The highest BCUT2D eigenvalue weighted by molar-refractivity contribution is 6.04. The molecule has 0 bridgehead atoms. The number of benzene rings is 2. The molecule has 3 heterocycles. The van der Waals surface area contributed by atoms with Crippen LogP contribution in [0.2, 0.25) is 0 Å². The van der Waals surface area contributed by atoms with E-state index >= 15 is 0 Å². The molecule has 4 aromatic rings. The van der Waals surface area contributed by atoms with E-state index in [-0.39, 0.29) is 17.7 Å². The number of ether oxygens (including phenoxy) is 3. The molecule has 5 rings (SSSR count). The first kappa shape index (κ1) is 29.4. The van der Waals surface area contributed by atoms with Gasteiger partial charge in [-0.1, -0.05) is 6.07 Å². The van der Waals surface area contributed by atoms with Crippen molar-refractivity contribution in [2.75, 3.05) is 45.7 Å². The maximum absolute atomic E-state index is 13.2. The van der Waals surface area contributed by atoms with Gasteiger partial charge in [-0.15, -0.1) is 0 Å². The fourth-order valence-electron chi connectivity index (χ4n) is 4.75. The van der Waals surface area contributed by atoms with Crippen LogP contribution in [0.5, 0.6) is 11.5 Å². The quantitative estimate of drug-likeness (QED) is 0.353. The van der Waals surface area contributed by atoms with Crippen molar-refractivity contribution in [3.8, 4) is 22.8 Å². The molecule has 0 spiro atoms. The third-order valence-corrected chi connectivity index (χ3v) is 6.86. The molecule has 1 aliphatic rings. The Labute approximate surface area is 249 Å². The Morgan fingerprint density at radius 1 is 0.860 bits per heavy atom. The molecule has 1 N–H and O–H groups in total. The van der Waals surface area contributed by atoms with Gasteiger partial charge < -0.3 is 29.3 Å². The van der Waals surface area contributed by atoms with Gasteiger partial charge in [0.15, 0.2) is 22.8 Å². The van der Waals surface area contributed by atoms with E-state index < -0.39 is 11.5 Å². The second-order valence-electron chi connectivity index (χ2n) is 11.0. The summed E-state index contributed by atoms with van der Waals surface area (Å²) in [5, 5.41) is 7.34. The molecule has 0 saturated carbocycles. The summed E-state index contributed by atoms with van der Waals surface area (Å²) in [5.41, 5.74) is 2.47. The predicted molar refractivity (Wildman–Crippen MR) is 160 cm³/mol. The maximum atomic E-state index is 13.2. The summed E-state index contributed by atoms with van der Waals surface area (Å²) in [6, 6.07) is 15.6. The van der Waals surface area contributed by atoms with Crippen molar-refractivity contribution in [1.82, 2.24) is 24.4 Å². The number of rotatable bonds is 6. The molecule has 0 unspecified atom stereocenters. The Hall–Kier alpha value is -5.13. The minimum atomic E-state index is -0.582. The lowest BCUT2D eigenvalue weighted by Gasteiger charge is -2.35. The molecule has 224 valence electrons. The Morgan fingerprint density at radius 2 is 1.58 bits per heavy atom. The van der Waals surface area contributed by atoms with Gasteiger partial charge in [-0.3, -0.25) is 9.59 Å². The molecule has 1 saturated heterocycles. The first-order chi connectivity index (χ1) is 20.6. The number of aromatic nitrogens is 3. The Balaban J connectivity index is 1.28. The third kappa shape index (κ3) is 6.53. The Morgan fingerprint density at radius 3 is 2.28 bits per heavy atom. The molecule has 1 aliphatic heterocycles. The van der Waals surface area contributed by atoms with Crippen molar-refractivity contribution in [2.24, 2.45) is 0 Å². The number of nitrogens with zero attached hydrogens (tertiary/aromatic N) is 5. The van der Waals surface area contributed by atoms with Gasteiger partial charge in [0.1, 0.15) is 5.60 Å². The van der Waals surface area contributed by atoms with E-state index in [0.717, 1.165) is 5.56 Å². The van der Waals surface area contributed by atoms with Crippen LogP contribution in [-0.2, 0) is 4.74 Å². The molecular formula is C31H34N6O6. The van der Waals surface area contributed by atoms with E-state index in [4.69, 9.17) is 14.2 Å². The number of hydrogen-bond donors (Lipinski definition) is 1. The predicted octanol–water partition coefficient (Wildman–Crippen LogP) is 4.36.